The van der Waals surface area contributed by atoms with E-state index < -0.39 is 19.8 Å². The average molecular weight is 234 g/mol. The molecule has 5 nitrogen and oxygen atoms in total. The molecule has 0 heterocycles. The number of rotatable bonds is 4. The molecule has 1 fully saturated rings. The minimum Gasteiger partial charge on any atom is -0.303 e. The molecule has 2 atom stereocenters. The second kappa shape index (κ2) is 5.03. The summed E-state index contributed by atoms with van der Waals surface area (Å²) >= 11 is 0. The first-order valence-corrected chi connectivity index (χ1v) is 6.37. The Morgan fingerprint density at radius 1 is 1.40 bits per heavy atom. The Morgan fingerprint density at radius 2 is 2.00 bits per heavy atom. The molecule has 0 aromatic rings. The van der Waals surface area contributed by atoms with Crippen molar-refractivity contribution in [2.45, 2.75) is 31.8 Å². The van der Waals surface area contributed by atoms with Crippen LogP contribution in [0.2, 0.25) is 0 Å². The van der Waals surface area contributed by atoms with Gasteiger partial charge in [-0.25, -0.2) is 4.57 Å². The predicted molar refractivity (Wildman–Crippen MR) is 54.1 cm³/mol. The Balaban J connectivity index is 2.70. The SMILES string of the molecule is C=CC(=O)C1CCCCC1OP(=O)(O)O. The highest BCUT2D eigenvalue weighted by atomic mass is 31.2. The lowest BCUT2D eigenvalue weighted by molar-refractivity contribution is -0.122. The summed E-state index contributed by atoms with van der Waals surface area (Å²) in [5.74, 6) is -0.656. The molecule has 2 unspecified atom stereocenters. The summed E-state index contributed by atoms with van der Waals surface area (Å²) in [5, 5.41) is 0. The molecule has 6 heteroatoms. The van der Waals surface area contributed by atoms with Gasteiger partial charge in [-0.1, -0.05) is 19.4 Å². The average Bonchev–Trinajstić information content (AvgIpc) is 2.15. The molecule has 0 aromatic carbocycles. The molecule has 1 rings (SSSR count). The maximum atomic E-state index is 11.4. The molecule has 1 aliphatic carbocycles. The van der Waals surface area contributed by atoms with Gasteiger partial charge in [-0.15, -0.1) is 0 Å². The van der Waals surface area contributed by atoms with Gasteiger partial charge in [0.05, 0.1) is 6.10 Å². The second-order valence-electron chi connectivity index (χ2n) is 3.63. The Hall–Kier alpha value is -0.480. The summed E-state index contributed by atoms with van der Waals surface area (Å²) < 4.78 is 15.3. The molecule has 0 aromatic heterocycles. The summed E-state index contributed by atoms with van der Waals surface area (Å²) in [5.41, 5.74) is 0. The first-order chi connectivity index (χ1) is 6.94. The zero-order valence-electron chi connectivity index (χ0n) is 8.33. The van der Waals surface area contributed by atoms with Gasteiger partial charge in [0.1, 0.15) is 0 Å². The molecule has 0 amide bonds. The molecule has 1 aliphatic rings. The number of allylic oxidation sites excluding steroid dienone is 1. The van der Waals surface area contributed by atoms with E-state index in [1.54, 1.807) is 0 Å². The third-order valence-electron chi connectivity index (χ3n) is 2.54. The van der Waals surface area contributed by atoms with Gasteiger partial charge in [0, 0.05) is 5.92 Å². The highest BCUT2D eigenvalue weighted by Crippen LogP contribution is 2.42. The van der Waals surface area contributed by atoms with E-state index in [0.717, 1.165) is 12.8 Å². The van der Waals surface area contributed by atoms with Crippen LogP contribution >= 0.6 is 7.82 Å². The molecular formula is C9H15O5P. The third kappa shape index (κ3) is 3.87. The molecule has 0 aliphatic heterocycles. The van der Waals surface area contributed by atoms with Crippen molar-refractivity contribution >= 4 is 13.6 Å². The summed E-state index contributed by atoms with van der Waals surface area (Å²) in [6.07, 6.45) is 3.33. The number of ketones is 1. The minimum absolute atomic E-state index is 0.201. The molecule has 0 bridgehead atoms. The zero-order valence-corrected chi connectivity index (χ0v) is 9.23. The van der Waals surface area contributed by atoms with E-state index in [0.29, 0.717) is 12.8 Å². The zero-order chi connectivity index (χ0) is 11.5. The largest absolute Gasteiger partial charge is 0.469 e. The highest BCUT2D eigenvalue weighted by molar-refractivity contribution is 7.46. The first-order valence-electron chi connectivity index (χ1n) is 4.84. The van der Waals surface area contributed by atoms with Gasteiger partial charge in [-0.2, -0.15) is 0 Å². The van der Waals surface area contributed by atoms with Crippen molar-refractivity contribution < 1.29 is 23.7 Å². The first kappa shape index (κ1) is 12.6. The van der Waals surface area contributed by atoms with E-state index in [2.05, 4.69) is 11.1 Å². The van der Waals surface area contributed by atoms with Gasteiger partial charge in [-0.3, -0.25) is 9.32 Å². The molecule has 0 radical (unpaired) electrons. The van der Waals surface area contributed by atoms with Crippen molar-refractivity contribution in [3.63, 3.8) is 0 Å². The van der Waals surface area contributed by atoms with Crippen LogP contribution in [-0.2, 0) is 13.9 Å². The lowest BCUT2D eigenvalue weighted by atomic mass is 9.84. The van der Waals surface area contributed by atoms with E-state index in [-0.39, 0.29) is 5.78 Å². The van der Waals surface area contributed by atoms with Crippen LogP contribution in [0.5, 0.6) is 0 Å². The summed E-state index contributed by atoms with van der Waals surface area (Å²) in [4.78, 5) is 28.8. The molecule has 2 N–H and O–H groups in total. The fourth-order valence-corrected chi connectivity index (χ4v) is 2.48. The lowest BCUT2D eigenvalue weighted by Crippen LogP contribution is -2.32. The van der Waals surface area contributed by atoms with Crippen molar-refractivity contribution in [1.29, 1.82) is 0 Å². The van der Waals surface area contributed by atoms with Crippen LogP contribution in [0, 0.1) is 5.92 Å². The molecule has 86 valence electrons. The van der Waals surface area contributed by atoms with E-state index in [1.807, 2.05) is 0 Å². The van der Waals surface area contributed by atoms with E-state index >= 15 is 0 Å². The van der Waals surface area contributed by atoms with Gasteiger partial charge in [-0.05, 0) is 18.9 Å². The van der Waals surface area contributed by atoms with Crippen molar-refractivity contribution in [2.24, 2.45) is 5.92 Å². The third-order valence-corrected chi connectivity index (χ3v) is 3.09. The van der Waals surface area contributed by atoms with E-state index in [9.17, 15) is 9.36 Å². The van der Waals surface area contributed by atoms with E-state index in [1.165, 1.54) is 6.08 Å². The summed E-state index contributed by atoms with van der Waals surface area (Å²) in [7, 11) is -4.51. The van der Waals surface area contributed by atoms with Crippen molar-refractivity contribution in [2.75, 3.05) is 0 Å². The number of phosphoric acid groups is 1. The minimum atomic E-state index is -4.51. The Kier molecular flexibility index (Phi) is 4.22. The summed E-state index contributed by atoms with van der Waals surface area (Å²) in [6, 6.07) is 0. The van der Waals surface area contributed by atoms with Crippen molar-refractivity contribution in [1.82, 2.24) is 0 Å². The van der Waals surface area contributed by atoms with Crippen molar-refractivity contribution in [3.05, 3.63) is 12.7 Å². The fraction of sp³-hybridized carbons (Fsp3) is 0.667. The number of hydrogen-bond acceptors (Lipinski definition) is 3. The maximum Gasteiger partial charge on any atom is 0.469 e. The Bertz CT molecular complexity index is 295. The van der Waals surface area contributed by atoms with Gasteiger partial charge in [0.2, 0.25) is 0 Å². The Morgan fingerprint density at radius 3 is 2.53 bits per heavy atom. The molecule has 1 saturated carbocycles. The molecular weight excluding hydrogens is 219 g/mol. The van der Waals surface area contributed by atoms with Gasteiger partial charge >= 0.3 is 7.82 Å². The molecule has 0 spiro atoms. The molecule has 0 saturated heterocycles. The van der Waals surface area contributed by atoms with Crippen LogP contribution in [0.1, 0.15) is 25.7 Å². The number of phosphoric ester groups is 1. The summed E-state index contributed by atoms with van der Waals surface area (Å²) in [6.45, 7) is 3.37. The van der Waals surface area contributed by atoms with Gasteiger partial charge in [0.15, 0.2) is 5.78 Å². The van der Waals surface area contributed by atoms with Crippen LogP contribution in [0.25, 0.3) is 0 Å². The molecule has 15 heavy (non-hydrogen) atoms. The van der Waals surface area contributed by atoms with Crippen LogP contribution in [0.15, 0.2) is 12.7 Å². The van der Waals surface area contributed by atoms with Crippen LogP contribution < -0.4 is 0 Å². The number of carbonyl (C=O) groups excluding carboxylic acids is 1. The Labute approximate surface area is 88.4 Å². The maximum absolute atomic E-state index is 11.4. The normalized spacial score (nSPS) is 27.3. The standard InChI is InChI=1S/C9H15O5P/c1-2-8(10)7-5-3-4-6-9(7)14-15(11,12)13/h2,7,9H,1,3-6H2,(H2,11,12,13). The van der Waals surface area contributed by atoms with Crippen molar-refractivity contribution in [3.8, 4) is 0 Å². The number of hydrogen-bond donors (Lipinski definition) is 2. The van der Waals surface area contributed by atoms with E-state index in [4.69, 9.17) is 9.79 Å². The topological polar surface area (TPSA) is 83.8 Å². The predicted octanol–water partition coefficient (Wildman–Crippen LogP) is 1.41. The van der Waals surface area contributed by atoms with Crippen LogP contribution in [-0.4, -0.2) is 21.7 Å². The van der Waals surface area contributed by atoms with Crippen LogP contribution in [0.3, 0.4) is 0 Å². The smallest absolute Gasteiger partial charge is 0.303 e. The fourth-order valence-electron chi connectivity index (χ4n) is 1.88. The van der Waals surface area contributed by atoms with Gasteiger partial charge in [0.25, 0.3) is 0 Å². The quantitative estimate of drug-likeness (QED) is 0.567. The monoisotopic (exact) mass is 234 g/mol. The van der Waals surface area contributed by atoms with Crippen LogP contribution in [0.4, 0.5) is 0 Å². The second-order valence-corrected chi connectivity index (χ2v) is 4.82. The highest BCUT2D eigenvalue weighted by Gasteiger charge is 2.34. The van der Waals surface area contributed by atoms with Gasteiger partial charge < -0.3 is 9.79 Å². The number of carbonyl (C=O) groups is 1. The lowest BCUT2D eigenvalue weighted by Gasteiger charge is -2.29.